The molecule has 0 spiro atoms. The van der Waals surface area contributed by atoms with Crippen LogP contribution < -0.4 is 11.1 Å². The second kappa shape index (κ2) is 10.8. The third-order valence-corrected chi connectivity index (χ3v) is 4.07. The van der Waals surface area contributed by atoms with Gasteiger partial charge >= 0.3 is 0 Å². The van der Waals surface area contributed by atoms with Gasteiger partial charge in [-0.1, -0.05) is 37.3 Å². The fourth-order valence-corrected chi connectivity index (χ4v) is 2.60. The second-order valence-corrected chi connectivity index (χ2v) is 6.16. The summed E-state index contributed by atoms with van der Waals surface area (Å²) < 4.78 is 0. The highest BCUT2D eigenvalue weighted by molar-refractivity contribution is 5.81. The zero-order chi connectivity index (χ0) is 17.9. The summed E-state index contributed by atoms with van der Waals surface area (Å²) in [4.78, 5) is 23.4. The van der Waals surface area contributed by atoms with E-state index < -0.39 is 23.8 Å². The molecule has 2 amide bonds. The van der Waals surface area contributed by atoms with Gasteiger partial charge in [0.05, 0.1) is 12.7 Å². The van der Waals surface area contributed by atoms with E-state index in [0.717, 1.165) is 12.0 Å². The minimum Gasteiger partial charge on any atom is -0.395 e. The molecular weight excluding hydrogens is 308 g/mol. The van der Waals surface area contributed by atoms with Crippen LogP contribution in [-0.4, -0.2) is 41.3 Å². The lowest BCUT2D eigenvalue weighted by atomic mass is 9.88. The number of benzene rings is 1. The van der Waals surface area contributed by atoms with Crippen LogP contribution in [0.1, 0.15) is 31.7 Å². The Kier molecular flexibility index (Phi) is 9.04. The fourth-order valence-electron chi connectivity index (χ4n) is 2.60. The number of carbonyl (C=O) groups excluding carboxylic acids is 2. The van der Waals surface area contributed by atoms with Crippen LogP contribution in [0, 0.1) is 11.8 Å². The Hall–Kier alpha value is -1.92. The van der Waals surface area contributed by atoms with Crippen molar-refractivity contribution < 1.29 is 19.8 Å². The first-order valence-corrected chi connectivity index (χ1v) is 8.34. The Morgan fingerprint density at radius 1 is 1.21 bits per heavy atom. The molecule has 3 atom stereocenters. The predicted octanol–water partition coefficient (Wildman–Crippen LogP) is 0.606. The molecule has 0 saturated heterocycles. The highest BCUT2D eigenvalue weighted by Gasteiger charge is 2.25. The van der Waals surface area contributed by atoms with Crippen LogP contribution in [0.2, 0.25) is 0 Å². The average molecular weight is 336 g/mol. The molecule has 0 heterocycles. The summed E-state index contributed by atoms with van der Waals surface area (Å²) in [5.74, 6) is -1.69. The molecular formula is C18H28N2O4. The van der Waals surface area contributed by atoms with E-state index in [-0.39, 0.29) is 31.9 Å². The number of aryl methyl sites for hydroxylation is 1. The summed E-state index contributed by atoms with van der Waals surface area (Å²) >= 11 is 0. The first kappa shape index (κ1) is 20.1. The number of nitrogens with one attached hydrogen (secondary N) is 1. The first-order chi connectivity index (χ1) is 11.4. The summed E-state index contributed by atoms with van der Waals surface area (Å²) in [7, 11) is 0. The minimum atomic E-state index is -0.643. The molecule has 6 heteroatoms. The van der Waals surface area contributed by atoms with Crippen molar-refractivity contribution in [1.29, 1.82) is 0 Å². The SMILES string of the molecule is CC(C[C@H](C[C@@H](O)CCc1ccccc1)C(=O)NCCO)C(N)=O. The molecule has 0 saturated carbocycles. The molecule has 24 heavy (non-hydrogen) atoms. The number of amides is 2. The van der Waals surface area contributed by atoms with Gasteiger partial charge in [0, 0.05) is 18.4 Å². The summed E-state index contributed by atoms with van der Waals surface area (Å²) in [6, 6.07) is 9.82. The van der Waals surface area contributed by atoms with E-state index in [1.165, 1.54) is 0 Å². The second-order valence-electron chi connectivity index (χ2n) is 6.16. The number of aliphatic hydroxyl groups excluding tert-OH is 2. The zero-order valence-corrected chi connectivity index (χ0v) is 14.1. The molecule has 0 bridgehead atoms. The molecule has 134 valence electrons. The summed E-state index contributed by atoms with van der Waals surface area (Å²) in [5.41, 5.74) is 6.40. The Morgan fingerprint density at radius 3 is 2.46 bits per heavy atom. The number of hydrogen-bond donors (Lipinski definition) is 4. The van der Waals surface area contributed by atoms with Crippen LogP contribution in [-0.2, 0) is 16.0 Å². The van der Waals surface area contributed by atoms with E-state index in [9.17, 15) is 14.7 Å². The van der Waals surface area contributed by atoms with E-state index in [0.29, 0.717) is 6.42 Å². The number of primary amides is 1. The van der Waals surface area contributed by atoms with Crippen molar-refractivity contribution in [2.75, 3.05) is 13.2 Å². The van der Waals surface area contributed by atoms with Crippen molar-refractivity contribution in [3.05, 3.63) is 35.9 Å². The largest absolute Gasteiger partial charge is 0.395 e. The van der Waals surface area contributed by atoms with E-state index in [1.807, 2.05) is 30.3 Å². The van der Waals surface area contributed by atoms with Crippen LogP contribution in [0.4, 0.5) is 0 Å². The van der Waals surface area contributed by atoms with Gasteiger partial charge in [-0.15, -0.1) is 0 Å². The Bertz CT molecular complexity index is 507. The molecule has 0 aromatic heterocycles. The number of nitrogens with two attached hydrogens (primary N) is 1. The molecule has 0 aliphatic rings. The van der Waals surface area contributed by atoms with Gasteiger partial charge in [0.25, 0.3) is 0 Å². The van der Waals surface area contributed by atoms with Crippen molar-refractivity contribution in [2.24, 2.45) is 17.6 Å². The lowest BCUT2D eigenvalue weighted by Gasteiger charge is -2.22. The zero-order valence-electron chi connectivity index (χ0n) is 14.1. The molecule has 1 rings (SSSR count). The van der Waals surface area contributed by atoms with Crippen LogP contribution in [0.3, 0.4) is 0 Å². The third-order valence-electron chi connectivity index (χ3n) is 4.07. The Balaban J connectivity index is 2.57. The molecule has 1 aromatic carbocycles. The molecule has 0 radical (unpaired) electrons. The monoisotopic (exact) mass is 336 g/mol. The van der Waals surface area contributed by atoms with Gasteiger partial charge in [-0.3, -0.25) is 9.59 Å². The molecule has 0 aliphatic heterocycles. The maximum Gasteiger partial charge on any atom is 0.223 e. The predicted molar refractivity (Wildman–Crippen MR) is 91.9 cm³/mol. The lowest BCUT2D eigenvalue weighted by molar-refractivity contribution is -0.128. The van der Waals surface area contributed by atoms with Gasteiger partial charge in [0.2, 0.25) is 11.8 Å². The standard InChI is InChI=1S/C18H28N2O4/c1-13(17(19)23)11-15(18(24)20-9-10-21)12-16(22)8-7-14-5-3-2-4-6-14/h2-6,13,15-16,21-22H,7-12H2,1H3,(H2,19,23)(H,20,24)/t13?,15-,16+/m1/s1. The summed E-state index contributed by atoms with van der Waals surface area (Å²) in [6.45, 7) is 1.67. The van der Waals surface area contributed by atoms with Gasteiger partial charge in [-0.25, -0.2) is 0 Å². The highest BCUT2D eigenvalue weighted by atomic mass is 16.3. The van der Waals surface area contributed by atoms with Crippen molar-refractivity contribution in [3.8, 4) is 0 Å². The maximum absolute atomic E-state index is 12.2. The van der Waals surface area contributed by atoms with Crippen LogP contribution in [0.25, 0.3) is 0 Å². The van der Waals surface area contributed by atoms with Gasteiger partial charge in [0.15, 0.2) is 0 Å². The molecule has 1 aromatic rings. The summed E-state index contributed by atoms with van der Waals surface area (Å²) in [5, 5.41) is 21.7. The average Bonchev–Trinajstić information content (AvgIpc) is 2.58. The molecule has 0 aliphatic carbocycles. The van der Waals surface area contributed by atoms with Crippen LogP contribution in [0.5, 0.6) is 0 Å². The summed E-state index contributed by atoms with van der Waals surface area (Å²) in [6.07, 6.45) is 1.17. The van der Waals surface area contributed by atoms with Crippen molar-refractivity contribution in [2.45, 2.75) is 38.7 Å². The molecule has 6 nitrogen and oxygen atoms in total. The Morgan fingerprint density at radius 2 is 1.88 bits per heavy atom. The topological polar surface area (TPSA) is 113 Å². The van der Waals surface area contributed by atoms with E-state index in [1.54, 1.807) is 6.92 Å². The molecule has 0 fully saturated rings. The van der Waals surface area contributed by atoms with Crippen LogP contribution in [0.15, 0.2) is 30.3 Å². The maximum atomic E-state index is 12.2. The highest BCUT2D eigenvalue weighted by Crippen LogP contribution is 2.20. The smallest absolute Gasteiger partial charge is 0.223 e. The van der Waals surface area contributed by atoms with Crippen molar-refractivity contribution in [3.63, 3.8) is 0 Å². The van der Waals surface area contributed by atoms with Crippen molar-refractivity contribution in [1.82, 2.24) is 5.32 Å². The van der Waals surface area contributed by atoms with Crippen LogP contribution >= 0.6 is 0 Å². The van der Waals surface area contributed by atoms with E-state index >= 15 is 0 Å². The number of rotatable bonds is 11. The lowest BCUT2D eigenvalue weighted by Crippen LogP contribution is -2.37. The molecule has 5 N–H and O–H groups in total. The minimum absolute atomic E-state index is 0.152. The van der Waals surface area contributed by atoms with Gasteiger partial charge in [-0.2, -0.15) is 0 Å². The van der Waals surface area contributed by atoms with Gasteiger partial charge in [-0.05, 0) is 31.2 Å². The Labute approximate surface area is 143 Å². The first-order valence-electron chi connectivity index (χ1n) is 8.34. The number of hydrogen-bond acceptors (Lipinski definition) is 4. The van der Waals surface area contributed by atoms with Gasteiger partial charge < -0.3 is 21.3 Å². The quantitative estimate of drug-likeness (QED) is 0.474. The number of aliphatic hydroxyl groups is 2. The third kappa shape index (κ3) is 7.57. The van der Waals surface area contributed by atoms with Gasteiger partial charge in [0.1, 0.15) is 0 Å². The number of carbonyl (C=O) groups is 2. The fraction of sp³-hybridized carbons (Fsp3) is 0.556. The van der Waals surface area contributed by atoms with E-state index in [2.05, 4.69) is 5.32 Å². The normalized spacial score (nSPS) is 14.6. The molecule has 1 unspecified atom stereocenters. The van der Waals surface area contributed by atoms with Crippen molar-refractivity contribution >= 4 is 11.8 Å². The van der Waals surface area contributed by atoms with E-state index in [4.69, 9.17) is 10.8 Å².